The van der Waals surface area contributed by atoms with E-state index in [4.69, 9.17) is 0 Å². The number of rotatable bonds is 3. The minimum Gasteiger partial charge on any atom is -0.325 e. The Morgan fingerprint density at radius 1 is 1.08 bits per heavy atom. The van der Waals surface area contributed by atoms with Crippen molar-refractivity contribution in [3.8, 4) is 0 Å². The summed E-state index contributed by atoms with van der Waals surface area (Å²) < 4.78 is 13.3. The van der Waals surface area contributed by atoms with Crippen LogP contribution in [0.4, 0.5) is 27.5 Å². The number of halogens is 1. The Bertz CT molecular complexity index is 867. The Kier molecular flexibility index (Phi) is 3.78. The molecule has 0 radical (unpaired) electrons. The van der Waals surface area contributed by atoms with Gasteiger partial charge in [0, 0.05) is 17.9 Å². The molecule has 5 nitrogen and oxygen atoms in total. The molecule has 1 aliphatic heterocycles. The lowest BCUT2D eigenvalue weighted by Gasteiger charge is -2.30. The summed E-state index contributed by atoms with van der Waals surface area (Å²) in [6.45, 7) is 0.884. The molecule has 0 unspecified atom stereocenters. The second kappa shape index (κ2) is 6.23. The molecule has 120 valence electrons. The van der Waals surface area contributed by atoms with Gasteiger partial charge in [-0.25, -0.2) is 4.39 Å². The molecular weight excluding hydrogens is 305 g/mol. The van der Waals surface area contributed by atoms with Crippen LogP contribution in [0.2, 0.25) is 0 Å². The average Bonchev–Trinajstić information content (AvgIpc) is 2.61. The minimum absolute atomic E-state index is 0.311. The zero-order chi connectivity index (χ0) is 16.4. The van der Waals surface area contributed by atoms with E-state index < -0.39 is 0 Å². The molecule has 0 spiro atoms. The van der Waals surface area contributed by atoms with Crippen LogP contribution in [0.1, 0.15) is 12.0 Å². The summed E-state index contributed by atoms with van der Waals surface area (Å²) in [5, 5.41) is 11.0. The molecule has 0 atom stereocenters. The van der Waals surface area contributed by atoms with Crippen LogP contribution in [-0.2, 0) is 6.42 Å². The van der Waals surface area contributed by atoms with Crippen molar-refractivity contribution in [3.63, 3.8) is 0 Å². The van der Waals surface area contributed by atoms with E-state index in [0.717, 1.165) is 30.9 Å². The van der Waals surface area contributed by atoms with Crippen LogP contribution in [0.5, 0.6) is 0 Å². The molecule has 0 fully saturated rings. The number of benzene rings is 2. The fourth-order valence-electron chi connectivity index (χ4n) is 2.94. The molecule has 0 saturated carbocycles. The van der Waals surface area contributed by atoms with Crippen LogP contribution in [0.3, 0.4) is 0 Å². The van der Waals surface area contributed by atoms with Crippen LogP contribution in [0.25, 0.3) is 0 Å². The third-order valence-electron chi connectivity index (χ3n) is 4.01. The van der Waals surface area contributed by atoms with Gasteiger partial charge < -0.3 is 10.2 Å². The van der Waals surface area contributed by atoms with Crippen molar-refractivity contribution in [1.82, 2.24) is 15.2 Å². The highest BCUT2D eigenvalue weighted by atomic mass is 19.1. The lowest BCUT2D eigenvalue weighted by molar-refractivity contribution is 0.628. The fraction of sp³-hybridized carbons (Fsp3) is 0.167. The second-order valence-electron chi connectivity index (χ2n) is 5.66. The molecule has 24 heavy (non-hydrogen) atoms. The van der Waals surface area contributed by atoms with Gasteiger partial charge in [-0.3, -0.25) is 0 Å². The number of hydrogen-bond donors (Lipinski definition) is 1. The standard InChI is InChI=1S/C18H16FN5/c19-14-7-3-8-15(11-14)21-18-22-17(12-20-23-18)24-10-4-6-13-5-1-2-9-16(13)24/h1-3,5,7-9,11-12H,4,6,10H2,(H,21,22,23). The predicted molar refractivity (Wildman–Crippen MR) is 91.3 cm³/mol. The topological polar surface area (TPSA) is 53.9 Å². The Hall–Kier alpha value is -3.02. The predicted octanol–water partition coefficient (Wildman–Crippen LogP) is 3.84. The lowest BCUT2D eigenvalue weighted by Crippen LogP contribution is -2.25. The molecule has 4 rings (SSSR count). The molecule has 2 heterocycles. The van der Waals surface area contributed by atoms with Crippen molar-refractivity contribution >= 4 is 23.1 Å². The van der Waals surface area contributed by atoms with E-state index in [1.807, 2.05) is 6.07 Å². The third-order valence-corrected chi connectivity index (χ3v) is 4.01. The molecular formula is C18H16FN5. The third kappa shape index (κ3) is 2.90. The minimum atomic E-state index is -0.311. The van der Waals surface area contributed by atoms with Gasteiger partial charge in [-0.2, -0.15) is 10.1 Å². The van der Waals surface area contributed by atoms with Gasteiger partial charge in [-0.1, -0.05) is 24.3 Å². The van der Waals surface area contributed by atoms with Crippen molar-refractivity contribution < 1.29 is 4.39 Å². The summed E-state index contributed by atoms with van der Waals surface area (Å²) >= 11 is 0. The monoisotopic (exact) mass is 321 g/mol. The largest absolute Gasteiger partial charge is 0.325 e. The van der Waals surface area contributed by atoms with Gasteiger partial charge in [0.25, 0.3) is 0 Å². The first kappa shape index (κ1) is 14.6. The number of aryl methyl sites for hydroxylation is 1. The Labute approximate surface area is 139 Å². The van der Waals surface area contributed by atoms with Gasteiger partial charge in [-0.05, 0) is 42.7 Å². The Morgan fingerprint density at radius 2 is 2.00 bits per heavy atom. The summed E-state index contributed by atoms with van der Waals surface area (Å²) in [7, 11) is 0. The summed E-state index contributed by atoms with van der Waals surface area (Å²) in [5.74, 6) is 0.770. The van der Waals surface area contributed by atoms with Gasteiger partial charge in [-0.15, -0.1) is 5.10 Å². The molecule has 0 saturated heterocycles. The highest BCUT2D eigenvalue weighted by Gasteiger charge is 2.19. The van der Waals surface area contributed by atoms with Crippen molar-refractivity contribution in [2.45, 2.75) is 12.8 Å². The van der Waals surface area contributed by atoms with Gasteiger partial charge in [0.2, 0.25) is 5.95 Å². The van der Waals surface area contributed by atoms with Gasteiger partial charge in [0.05, 0.1) is 6.20 Å². The lowest BCUT2D eigenvalue weighted by atomic mass is 10.0. The number of fused-ring (bicyclic) bond motifs is 1. The SMILES string of the molecule is Fc1cccc(Nc2nncc(N3CCCc4ccccc43)n2)c1. The van der Waals surface area contributed by atoms with Gasteiger partial charge in [0.1, 0.15) is 5.82 Å². The number of nitrogens with zero attached hydrogens (tertiary/aromatic N) is 4. The number of nitrogens with one attached hydrogen (secondary N) is 1. The van der Waals surface area contributed by atoms with Crippen LogP contribution in [0.15, 0.2) is 54.7 Å². The molecule has 2 aromatic carbocycles. The maximum Gasteiger partial charge on any atom is 0.249 e. The molecule has 0 aliphatic carbocycles. The smallest absolute Gasteiger partial charge is 0.249 e. The molecule has 1 aromatic heterocycles. The summed E-state index contributed by atoms with van der Waals surface area (Å²) in [5.41, 5.74) is 3.05. The quantitative estimate of drug-likeness (QED) is 0.794. The zero-order valence-corrected chi connectivity index (χ0v) is 13.0. The normalized spacial score (nSPS) is 13.5. The van der Waals surface area contributed by atoms with Gasteiger partial charge in [0.15, 0.2) is 5.82 Å². The second-order valence-corrected chi connectivity index (χ2v) is 5.66. The Morgan fingerprint density at radius 3 is 2.92 bits per heavy atom. The zero-order valence-electron chi connectivity index (χ0n) is 13.0. The molecule has 6 heteroatoms. The first-order chi connectivity index (χ1) is 11.8. The molecule has 1 N–H and O–H groups in total. The van der Waals surface area contributed by atoms with Gasteiger partial charge >= 0.3 is 0 Å². The molecule has 0 bridgehead atoms. The first-order valence-corrected chi connectivity index (χ1v) is 7.87. The van der Waals surface area contributed by atoms with Crippen molar-refractivity contribution in [2.75, 3.05) is 16.8 Å². The van der Waals surface area contributed by atoms with E-state index in [-0.39, 0.29) is 5.82 Å². The van der Waals surface area contributed by atoms with Crippen molar-refractivity contribution in [3.05, 3.63) is 66.1 Å². The van der Waals surface area contributed by atoms with E-state index >= 15 is 0 Å². The number of anilines is 4. The van der Waals surface area contributed by atoms with Crippen LogP contribution < -0.4 is 10.2 Å². The summed E-state index contributed by atoms with van der Waals surface area (Å²) in [6.07, 6.45) is 3.78. The fourth-order valence-corrected chi connectivity index (χ4v) is 2.94. The highest BCUT2D eigenvalue weighted by Crippen LogP contribution is 2.32. The summed E-state index contributed by atoms with van der Waals surface area (Å²) in [4.78, 5) is 6.68. The van der Waals surface area contributed by atoms with Crippen LogP contribution >= 0.6 is 0 Å². The molecule has 1 aliphatic rings. The molecule has 3 aromatic rings. The Balaban J connectivity index is 1.64. The maximum absolute atomic E-state index is 13.3. The van der Waals surface area contributed by atoms with E-state index in [1.54, 1.807) is 18.3 Å². The van der Waals surface area contributed by atoms with E-state index in [1.165, 1.54) is 17.7 Å². The number of para-hydroxylation sites is 1. The number of aromatic nitrogens is 3. The highest BCUT2D eigenvalue weighted by molar-refractivity contribution is 5.66. The maximum atomic E-state index is 13.3. The van der Waals surface area contributed by atoms with E-state index in [9.17, 15) is 4.39 Å². The van der Waals surface area contributed by atoms with Crippen LogP contribution in [0, 0.1) is 5.82 Å². The van der Waals surface area contributed by atoms with Crippen molar-refractivity contribution in [1.29, 1.82) is 0 Å². The molecule has 0 amide bonds. The first-order valence-electron chi connectivity index (χ1n) is 7.87. The average molecular weight is 321 g/mol. The van der Waals surface area contributed by atoms with Crippen LogP contribution in [-0.4, -0.2) is 21.7 Å². The summed E-state index contributed by atoms with van der Waals surface area (Å²) in [6, 6.07) is 14.5. The van der Waals surface area contributed by atoms with Crippen molar-refractivity contribution in [2.24, 2.45) is 0 Å². The number of hydrogen-bond acceptors (Lipinski definition) is 5. The van der Waals surface area contributed by atoms with E-state index in [2.05, 4.69) is 43.6 Å². The van der Waals surface area contributed by atoms with E-state index in [0.29, 0.717) is 11.6 Å².